The minimum Gasteiger partial charge on any atom is -0.493 e. The molecule has 10 nitrogen and oxygen atoms in total. The lowest BCUT2D eigenvalue weighted by atomic mass is 10.0. The molecule has 0 spiro atoms. The fourth-order valence-electron chi connectivity index (χ4n) is 4.79. The summed E-state index contributed by atoms with van der Waals surface area (Å²) in [5, 5.41) is 5.13. The van der Waals surface area contributed by atoms with Crippen LogP contribution in [0.2, 0.25) is 0 Å². The molecule has 5 rings (SSSR count). The van der Waals surface area contributed by atoms with Gasteiger partial charge in [0.25, 0.3) is 5.91 Å². The fraction of sp³-hybridized carbons (Fsp3) is 0.147. The highest BCUT2D eigenvalue weighted by Gasteiger charge is 2.21. The van der Waals surface area contributed by atoms with Gasteiger partial charge in [-0.25, -0.2) is 10.2 Å². The number of aromatic nitrogens is 1. The first-order valence-electron chi connectivity index (χ1n) is 13.9. The van der Waals surface area contributed by atoms with Gasteiger partial charge in [0.05, 0.1) is 45.2 Å². The molecule has 45 heavy (non-hydrogen) atoms. The molecule has 0 aliphatic heterocycles. The van der Waals surface area contributed by atoms with Crippen LogP contribution in [0.4, 0.5) is 0 Å². The molecule has 0 unspecified atom stereocenters. The van der Waals surface area contributed by atoms with E-state index in [2.05, 4.69) is 38.1 Å². The second-order valence-electron chi connectivity index (χ2n) is 9.55. The van der Waals surface area contributed by atoms with Crippen molar-refractivity contribution in [2.24, 2.45) is 5.10 Å². The summed E-state index contributed by atoms with van der Waals surface area (Å²) in [7, 11) is 4.41. The van der Waals surface area contributed by atoms with Crippen molar-refractivity contribution in [2.45, 2.75) is 6.92 Å². The molecule has 1 heterocycles. The molecule has 0 aliphatic carbocycles. The predicted molar refractivity (Wildman–Crippen MR) is 180 cm³/mol. The van der Waals surface area contributed by atoms with E-state index in [0.29, 0.717) is 40.9 Å². The van der Waals surface area contributed by atoms with Gasteiger partial charge in [-0.2, -0.15) is 5.10 Å². The van der Waals surface area contributed by atoms with Gasteiger partial charge in [-0.3, -0.25) is 4.79 Å². The zero-order valence-electron chi connectivity index (χ0n) is 25.0. The zero-order valence-corrected chi connectivity index (χ0v) is 27.1. The van der Waals surface area contributed by atoms with E-state index >= 15 is 0 Å². The first kappa shape index (κ1) is 31.4. The smallest absolute Gasteiger partial charge is 0.343 e. The summed E-state index contributed by atoms with van der Waals surface area (Å²) in [6, 6.07) is 23.6. The number of carbonyl (C=O) groups is 2. The van der Waals surface area contributed by atoms with E-state index in [9.17, 15) is 9.59 Å². The third-order valence-electron chi connectivity index (χ3n) is 6.82. The number of para-hydroxylation sites is 1. The number of rotatable bonds is 11. The molecular weight excluding hydrogens is 689 g/mol. The number of H-pyrrole nitrogens is 1. The van der Waals surface area contributed by atoms with Crippen LogP contribution >= 0.6 is 22.6 Å². The SMILES string of the molecule is CCOc1cc(C=NNC(=O)c2[nH]c3c(I)cccc3c2-c2ccccc2)ccc1OC(=O)c1cc(OC)c(OC)c(OC)c1. The summed E-state index contributed by atoms with van der Waals surface area (Å²) in [5.74, 6) is 0.491. The molecule has 0 saturated heterocycles. The number of benzene rings is 4. The van der Waals surface area contributed by atoms with E-state index in [1.165, 1.54) is 39.7 Å². The van der Waals surface area contributed by atoms with Crippen LogP contribution in [0.3, 0.4) is 0 Å². The normalized spacial score (nSPS) is 11.0. The first-order chi connectivity index (χ1) is 21.9. The van der Waals surface area contributed by atoms with E-state index in [1.807, 2.05) is 55.5 Å². The molecule has 1 aromatic heterocycles. The number of methoxy groups -OCH3 is 3. The number of carbonyl (C=O) groups excluding carboxylic acids is 2. The lowest BCUT2D eigenvalue weighted by Crippen LogP contribution is -2.19. The highest BCUT2D eigenvalue weighted by Crippen LogP contribution is 2.39. The minimum atomic E-state index is -0.647. The number of halogens is 1. The third-order valence-corrected chi connectivity index (χ3v) is 7.72. The van der Waals surface area contributed by atoms with Crippen LogP contribution in [0.1, 0.15) is 33.3 Å². The van der Waals surface area contributed by atoms with E-state index in [-0.39, 0.29) is 11.3 Å². The van der Waals surface area contributed by atoms with Gasteiger partial charge in [-0.1, -0.05) is 42.5 Å². The number of nitrogens with zero attached hydrogens (tertiary/aromatic N) is 1. The lowest BCUT2D eigenvalue weighted by molar-refractivity contribution is 0.0727. The second kappa shape index (κ2) is 14.2. The van der Waals surface area contributed by atoms with Crippen molar-refractivity contribution in [1.29, 1.82) is 0 Å². The monoisotopic (exact) mass is 719 g/mol. The number of hydrazone groups is 1. The Hall–Kier alpha value is -5.04. The average Bonchev–Trinajstić information content (AvgIpc) is 3.46. The highest BCUT2D eigenvalue weighted by atomic mass is 127. The molecule has 0 saturated carbocycles. The average molecular weight is 720 g/mol. The summed E-state index contributed by atoms with van der Waals surface area (Å²) >= 11 is 2.25. The van der Waals surface area contributed by atoms with Gasteiger partial charge in [0, 0.05) is 14.5 Å². The number of esters is 1. The van der Waals surface area contributed by atoms with Crippen molar-refractivity contribution in [1.82, 2.24) is 10.4 Å². The summed E-state index contributed by atoms with van der Waals surface area (Å²) in [6.45, 7) is 2.14. The summed E-state index contributed by atoms with van der Waals surface area (Å²) < 4.78 is 28.4. The molecule has 0 fully saturated rings. The maximum absolute atomic E-state index is 13.4. The number of hydrogen-bond acceptors (Lipinski definition) is 8. The Morgan fingerprint density at radius 3 is 2.27 bits per heavy atom. The second-order valence-corrected chi connectivity index (χ2v) is 10.7. The zero-order chi connectivity index (χ0) is 31.9. The van der Waals surface area contributed by atoms with Crippen LogP contribution < -0.4 is 29.1 Å². The van der Waals surface area contributed by atoms with E-state index < -0.39 is 11.9 Å². The molecule has 4 aromatic carbocycles. The number of aromatic amines is 1. The Balaban J connectivity index is 1.36. The van der Waals surface area contributed by atoms with Gasteiger partial charge in [0.15, 0.2) is 23.0 Å². The number of nitrogens with one attached hydrogen (secondary N) is 2. The summed E-state index contributed by atoms with van der Waals surface area (Å²) in [4.78, 5) is 29.7. The number of amides is 1. The predicted octanol–water partition coefficient (Wildman–Crippen LogP) is 6.85. The first-order valence-corrected chi connectivity index (χ1v) is 14.9. The Morgan fingerprint density at radius 1 is 0.867 bits per heavy atom. The maximum atomic E-state index is 13.4. The van der Waals surface area contributed by atoms with Crippen molar-refractivity contribution in [3.63, 3.8) is 0 Å². The molecule has 0 aliphatic rings. The number of fused-ring (bicyclic) bond motifs is 1. The quantitative estimate of drug-likeness (QED) is 0.0504. The van der Waals surface area contributed by atoms with Crippen LogP contribution in [0.15, 0.2) is 84.0 Å². The lowest BCUT2D eigenvalue weighted by Gasteiger charge is -2.15. The molecular formula is C34H30IN3O7. The Morgan fingerprint density at radius 2 is 1.60 bits per heavy atom. The van der Waals surface area contributed by atoms with Crippen molar-refractivity contribution < 1.29 is 33.3 Å². The molecule has 0 bridgehead atoms. The van der Waals surface area contributed by atoms with Gasteiger partial charge in [-0.15, -0.1) is 0 Å². The summed E-state index contributed by atoms with van der Waals surface area (Å²) in [5.41, 5.74) is 6.43. The van der Waals surface area contributed by atoms with Crippen LogP contribution in [-0.4, -0.2) is 51.0 Å². The van der Waals surface area contributed by atoms with Crippen LogP contribution in [0, 0.1) is 3.57 Å². The van der Waals surface area contributed by atoms with Crippen LogP contribution in [-0.2, 0) is 0 Å². The molecule has 2 N–H and O–H groups in total. The molecule has 0 atom stereocenters. The van der Waals surface area contributed by atoms with Gasteiger partial charge in [0.1, 0.15) is 5.69 Å². The standard InChI is InChI=1S/C34H30IN3O7/c1-5-44-26-16-20(14-15-25(26)45-34(40)22-17-27(41-2)32(43-4)28(18-22)42-3)19-36-38-33(39)31-29(21-10-7-6-8-11-21)23-12-9-13-24(35)30(23)37-31/h6-19,37H,5H2,1-4H3,(H,38,39). The van der Waals surface area contributed by atoms with E-state index in [4.69, 9.17) is 23.7 Å². The maximum Gasteiger partial charge on any atom is 0.343 e. The van der Waals surface area contributed by atoms with Crippen LogP contribution in [0.5, 0.6) is 28.7 Å². The number of ether oxygens (including phenoxy) is 5. The van der Waals surface area contributed by atoms with Gasteiger partial charge < -0.3 is 28.7 Å². The molecule has 11 heteroatoms. The van der Waals surface area contributed by atoms with Crippen molar-refractivity contribution in [2.75, 3.05) is 27.9 Å². The van der Waals surface area contributed by atoms with E-state index in [0.717, 1.165) is 25.6 Å². The third kappa shape index (κ3) is 6.73. The minimum absolute atomic E-state index is 0.196. The number of hydrogen-bond donors (Lipinski definition) is 2. The van der Waals surface area contributed by atoms with Crippen molar-refractivity contribution >= 4 is 51.6 Å². The Kier molecular flexibility index (Phi) is 9.88. The van der Waals surface area contributed by atoms with Crippen LogP contribution in [0.25, 0.3) is 22.0 Å². The molecule has 1 amide bonds. The Labute approximate surface area is 273 Å². The fourth-order valence-corrected chi connectivity index (χ4v) is 5.43. The van der Waals surface area contributed by atoms with Gasteiger partial charge >= 0.3 is 5.97 Å². The van der Waals surface area contributed by atoms with Crippen molar-refractivity contribution in [3.8, 4) is 39.9 Å². The molecule has 0 radical (unpaired) electrons. The molecule has 230 valence electrons. The summed E-state index contributed by atoms with van der Waals surface area (Å²) in [6.07, 6.45) is 1.49. The largest absolute Gasteiger partial charge is 0.493 e. The van der Waals surface area contributed by atoms with Gasteiger partial charge in [-0.05, 0) is 77.0 Å². The molecule has 5 aromatic rings. The highest BCUT2D eigenvalue weighted by molar-refractivity contribution is 14.1. The van der Waals surface area contributed by atoms with Gasteiger partial charge in [0.2, 0.25) is 5.75 Å². The van der Waals surface area contributed by atoms with E-state index in [1.54, 1.807) is 18.2 Å². The Bertz CT molecular complexity index is 1860. The topological polar surface area (TPSA) is 120 Å². The van der Waals surface area contributed by atoms with Crippen molar-refractivity contribution in [3.05, 3.63) is 99.3 Å².